The number of fused-ring (bicyclic) bond motifs is 1. The molecule has 0 aliphatic carbocycles. The highest BCUT2D eigenvalue weighted by Gasteiger charge is 2.27. The SMILES string of the molecule is O=C1Cc2ccccc2CC(=O)N1Cc1ccccn1. The zero-order valence-corrected chi connectivity index (χ0v) is 11.0. The molecule has 2 aromatic rings. The molecule has 1 aliphatic heterocycles. The monoisotopic (exact) mass is 266 g/mol. The van der Waals surface area contributed by atoms with E-state index < -0.39 is 0 Å². The summed E-state index contributed by atoms with van der Waals surface area (Å²) in [6, 6.07) is 13.1. The number of pyridine rings is 1. The fraction of sp³-hybridized carbons (Fsp3) is 0.188. The lowest BCUT2D eigenvalue weighted by Gasteiger charge is -2.17. The normalized spacial score (nSPS) is 14.9. The summed E-state index contributed by atoms with van der Waals surface area (Å²) in [5.41, 5.74) is 2.60. The van der Waals surface area contributed by atoms with E-state index in [1.54, 1.807) is 6.20 Å². The molecule has 3 rings (SSSR count). The van der Waals surface area contributed by atoms with Crippen molar-refractivity contribution in [3.05, 3.63) is 65.5 Å². The van der Waals surface area contributed by atoms with Crippen LogP contribution >= 0.6 is 0 Å². The van der Waals surface area contributed by atoms with Crippen LogP contribution in [-0.4, -0.2) is 21.7 Å². The van der Waals surface area contributed by atoms with Crippen molar-refractivity contribution in [3.8, 4) is 0 Å². The summed E-state index contributed by atoms with van der Waals surface area (Å²) in [5.74, 6) is -0.323. The van der Waals surface area contributed by atoms with Gasteiger partial charge >= 0.3 is 0 Å². The van der Waals surface area contributed by atoms with Crippen LogP contribution in [0.3, 0.4) is 0 Å². The molecular weight excluding hydrogens is 252 g/mol. The van der Waals surface area contributed by atoms with Crippen LogP contribution in [0.15, 0.2) is 48.7 Å². The van der Waals surface area contributed by atoms with Crippen molar-refractivity contribution < 1.29 is 9.59 Å². The van der Waals surface area contributed by atoms with Crippen molar-refractivity contribution in [2.24, 2.45) is 0 Å². The second kappa shape index (κ2) is 5.25. The molecule has 0 saturated carbocycles. The summed E-state index contributed by atoms with van der Waals surface area (Å²) in [5, 5.41) is 0. The summed E-state index contributed by atoms with van der Waals surface area (Å²) in [6.07, 6.45) is 2.21. The molecule has 0 saturated heterocycles. The molecule has 0 unspecified atom stereocenters. The lowest BCUT2D eigenvalue weighted by molar-refractivity contribution is -0.144. The number of hydrogen-bond donors (Lipinski definition) is 0. The number of aromatic nitrogens is 1. The van der Waals surface area contributed by atoms with E-state index in [9.17, 15) is 9.59 Å². The second-order valence-corrected chi connectivity index (χ2v) is 4.82. The number of hydrogen-bond acceptors (Lipinski definition) is 3. The molecule has 0 spiro atoms. The largest absolute Gasteiger partial charge is 0.276 e. The third-order valence-electron chi connectivity index (χ3n) is 3.45. The number of carbonyl (C=O) groups excluding carboxylic acids is 2. The van der Waals surface area contributed by atoms with Crippen molar-refractivity contribution in [2.75, 3.05) is 0 Å². The summed E-state index contributed by atoms with van der Waals surface area (Å²) in [7, 11) is 0. The lowest BCUT2D eigenvalue weighted by atomic mass is 10.0. The number of carbonyl (C=O) groups is 2. The fourth-order valence-corrected chi connectivity index (χ4v) is 2.39. The van der Waals surface area contributed by atoms with Crippen LogP contribution in [0.2, 0.25) is 0 Å². The minimum absolute atomic E-state index is 0.161. The van der Waals surface area contributed by atoms with E-state index in [4.69, 9.17) is 0 Å². The first-order chi connectivity index (χ1) is 9.74. The maximum atomic E-state index is 12.3. The molecule has 20 heavy (non-hydrogen) atoms. The van der Waals surface area contributed by atoms with E-state index in [1.807, 2.05) is 42.5 Å². The number of imide groups is 1. The summed E-state index contributed by atoms with van der Waals surface area (Å²) >= 11 is 0. The third-order valence-corrected chi connectivity index (χ3v) is 3.45. The first-order valence-electron chi connectivity index (χ1n) is 6.54. The van der Waals surface area contributed by atoms with Crippen LogP contribution in [0.1, 0.15) is 16.8 Å². The zero-order valence-electron chi connectivity index (χ0n) is 11.0. The van der Waals surface area contributed by atoms with Gasteiger partial charge in [-0.05, 0) is 23.3 Å². The van der Waals surface area contributed by atoms with Gasteiger partial charge in [-0.2, -0.15) is 0 Å². The minimum Gasteiger partial charge on any atom is -0.276 e. The average molecular weight is 266 g/mol. The van der Waals surface area contributed by atoms with Crippen LogP contribution in [0, 0.1) is 0 Å². The van der Waals surface area contributed by atoms with Gasteiger partial charge < -0.3 is 0 Å². The highest BCUT2D eigenvalue weighted by molar-refractivity contribution is 5.98. The highest BCUT2D eigenvalue weighted by atomic mass is 16.2. The van der Waals surface area contributed by atoms with Gasteiger partial charge in [0.2, 0.25) is 11.8 Å². The van der Waals surface area contributed by atoms with Gasteiger partial charge in [-0.1, -0.05) is 30.3 Å². The van der Waals surface area contributed by atoms with Gasteiger partial charge in [-0.25, -0.2) is 0 Å². The first kappa shape index (κ1) is 12.5. The van der Waals surface area contributed by atoms with Crippen molar-refractivity contribution in [1.82, 2.24) is 9.88 Å². The van der Waals surface area contributed by atoms with Crippen LogP contribution in [-0.2, 0) is 29.0 Å². The van der Waals surface area contributed by atoms with Gasteiger partial charge in [0.15, 0.2) is 0 Å². The molecule has 2 heterocycles. The summed E-state index contributed by atoms with van der Waals surface area (Å²) in [4.78, 5) is 30.0. The topological polar surface area (TPSA) is 50.3 Å². The van der Waals surface area contributed by atoms with Gasteiger partial charge in [0.25, 0.3) is 0 Å². The van der Waals surface area contributed by atoms with Gasteiger partial charge in [0.1, 0.15) is 0 Å². The average Bonchev–Trinajstić information content (AvgIpc) is 2.58. The molecule has 4 heteroatoms. The van der Waals surface area contributed by atoms with Crippen molar-refractivity contribution in [3.63, 3.8) is 0 Å². The standard InChI is InChI=1S/C16H14N2O2/c19-15-9-12-5-1-2-6-13(12)10-16(20)18(15)11-14-7-3-4-8-17-14/h1-8H,9-11H2. The van der Waals surface area contributed by atoms with E-state index >= 15 is 0 Å². The Morgan fingerprint density at radius 1 is 0.900 bits per heavy atom. The Labute approximate surface area is 117 Å². The van der Waals surface area contributed by atoms with Crippen LogP contribution in [0.5, 0.6) is 0 Å². The smallest absolute Gasteiger partial charge is 0.233 e. The Balaban J connectivity index is 1.87. The Morgan fingerprint density at radius 3 is 2.05 bits per heavy atom. The zero-order chi connectivity index (χ0) is 13.9. The van der Waals surface area contributed by atoms with Crippen molar-refractivity contribution in [2.45, 2.75) is 19.4 Å². The predicted molar refractivity (Wildman–Crippen MR) is 73.6 cm³/mol. The van der Waals surface area contributed by atoms with E-state index in [0.29, 0.717) is 0 Å². The number of rotatable bonds is 2. The summed E-state index contributed by atoms with van der Waals surface area (Å²) in [6.45, 7) is 0.243. The van der Waals surface area contributed by atoms with E-state index in [0.717, 1.165) is 16.8 Å². The van der Waals surface area contributed by atoms with Gasteiger partial charge in [-0.15, -0.1) is 0 Å². The molecule has 0 N–H and O–H groups in total. The summed E-state index contributed by atoms with van der Waals surface area (Å²) < 4.78 is 0. The van der Waals surface area contributed by atoms with Crippen molar-refractivity contribution >= 4 is 11.8 Å². The molecule has 1 aromatic heterocycles. The van der Waals surface area contributed by atoms with Crippen LogP contribution in [0.25, 0.3) is 0 Å². The molecular formula is C16H14N2O2. The molecule has 0 atom stereocenters. The molecule has 100 valence electrons. The highest BCUT2D eigenvalue weighted by Crippen LogP contribution is 2.18. The fourth-order valence-electron chi connectivity index (χ4n) is 2.39. The molecule has 1 aliphatic rings. The Bertz CT molecular complexity index is 616. The Kier molecular flexibility index (Phi) is 3.29. The predicted octanol–water partition coefficient (Wildman–Crippen LogP) is 1.74. The van der Waals surface area contributed by atoms with Gasteiger partial charge in [0.05, 0.1) is 25.1 Å². The third kappa shape index (κ3) is 2.45. The minimum atomic E-state index is -0.161. The quantitative estimate of drug-likeness (QED) is 0.778. The van der Waals surface area contributed by atoms with E-state index in [1.165, 1.54) is 4.90 Å². The Hall–Kier alpha value is -2.49. The van der Waals surface area contributed by atoms with E-state index in [-0.39, 0.29) is 31.2 Å². The lowest BCUT2D eigenvalue weighted by Crippen LogP contribution is -2.36. The van der Waals surface area contributed by atoms with E-state index in [2.05, 4.69) is 4.98 Å². The number of nitrogens with zero attached hydrogens (tertiary/aromatic N) is 2. The van der Waals surface area contributed by atoms with Gasteiger partial charge in [-0.3, -0.25) is 19.5 Å². The second-order valence-electron chi connectivity index (χ2n) is 4.82. The molecule has 0 radical (unpaired) electrons. The van der Waals surface area contributed by atoms with Crippen LogP contribution in [0.4, 0.5) is 0 Å². The van der Waals surface area contributed by atoms with Crippen LogP contribution < -0.4 is 0 Å². The molecule has 2 amide bonds. The Morgan fingerprint density at radius 2 is 1.50 bits per heavy atom. The molecule has 0 bridgehead atoms. The molecule has 4 nitrogen and oxygen atoms in total. The first-order valence-corrected chi connectivity index (χ1v) is 6.54. The maximum absolute atomic E-state index is 12.3. The number of amides is 2. The maximum Gasteiger partial charge on any atom is 0.233 e. The molecule has 1 aromatic carbocycles. The molecule has 0 fully saturated rings. The van der Waals surface area contributed by atoms with Crippen molar-refractivity contribution in [1.29, 1.82) is 0 Å². The van der Waals surface area contributed by atoms with Gasteiger partial charge in [0, 0.05) is 6.20 Å². The number of benzene rings is 1.